The van der Waals surface area contributed by atoms with Gasteiger partial charge < -0.3 is 20.4 Å². The number of aliphatic imine (C=N–C) groups is 1. The second-order valence-corrected chi connectivity index (χ2v) is 6.69. The molecule has 0 aromatic heterocycles. The number of hydrogen-bond donors (Lipinski definition) is 2. The van der Waals surface area contributed by atoms with Crippen molar-refractivity contribution in [2.45, 2.75) is 65.8 Å². The molecule has 1 atom stereocenters. The Morgan fingerprint density at radius 1 is 1.12 bits per heavy atom. The fraction of sp³-hybridized carbons (Fsp3) is 0.842. The van der Waals surface area contributed by atoms with E-state index in [1.165, 1.54) is 6.42 Å². The molecule has 1 aliphatic rings. The van der Waals surface area contributed by atoms with Crippen LogP contribution in [-0.4, -0.2) is 72.9 Å². The molecule has 7 nitrogen and oxygen atoms in total. The SMILES string of the molecule is CCNC(=NCCC(=O)N(CC)CC)NCCC(=O)N1CCCCC1C. The summed E-state index contributed by atoms with van der Waals surface area (Å²) in [5, 5.41) is 6.37. The van der Waals surface area contributed by atoms with Crippen molar-refractivity contribution in [3.63, 3.8) is 0 Å². The smallest absolute Gasteiger partial charge is 0.224 e. The first-order valence-electron chi connectivity index (χ1n) is 10.1. The van der Waals surface area contributed by atoms with Gasteiger partial charge in [-0.3, -0.25) is 14.6 Å². The zero-order chi connectivity index (χ0) is 19.4. The van der Waals surface area contributed by atoms with Crippen molar-refractivity contribution in [1.82, 2.24) is 20.4 Å². The maximum atomic E-state index is 12.4. The number of hydrogen-bond acceptors (Lipinski definition) is 3. The Balaban J connectivity index is 2.39. The number of guanidine groups is 1. The van der Waals surface area contributed by atoms with Gasteiger partial charge in [-0.1, -0.05) is 0 Å². The monoisotopic (exact) mass is 367 g/mol. The van der Waals surface area contributed by atoms with Crippen LogP contribution in [0.3, 0.4) is 0 Å². The highest BCUT2D eigenvalue weighted by atomic mass is 16.2. The molecule has 0 aliphatic carbocycles. The second kappa shape index (κ2) is 12.5. The van der Waals surface area contributed by atoms with Gasteiger partial charge in [0.2, 0.25) is 11.8 Å². The molecular formula is C19H37N5O2. The van der Waals surface area contributed by atoms with Crippen LogP contribution in [0.2, 0.25) is 0 Å². The van der Waals surface area contributed by atoms with E-state index in [0.29, 0.717) is 37.9 Å². The molecule has 0 saturated carbocycles. The van der Waals surface area contributed by atoms with Gasteiger partial charge in [0.15, 0.2) is 5.96 Å². The Morgan fingerprint density at radius 2 is 1.85 bits per heavy atom. The fourth-order valence-corrected chi connectivity index (χ4v) is 3.24. The lowest BCUT2D eigenvalue weighted by Gasteiger charge is -2.33. The van der Waals surface area contributed by atoms with Gasteiger partial charge in [0.25, 0.3) is 0 Å². The van der Waals surface area contributed by atoms with Crippen LogP contribution in [0.4, 0.5) is 0 Å². The van der Waals surface area contributed by atoms with Crippen molar-refractivity contribution in [2.24, 2.45) is 4.99 Å². The summed E-state index contributed by atoms with van der Waals surface area (Å²) in [5.41, 5.74) is 0. The number of rotatable bonds is 9. The second-order valence-electron chi connectivity index (χ2n) is 6.69. The van der Waals surface area contributed by atoms with E-state index in [4.69, 9.17) is 0 Å². The number of amides is 2. The number of likely N-dealkylation sites (tertiary alicyclic amines) is 1. The zero-order valence-electron chi connectivity index (χ0n) is 17.0. The van der Waals surface area contributed by atoms with E-state index in [0.717, 1.165) is 39.0 Å². The molecule has 0 aromatic rings. The van der Waals surface area contributed by atoms with Crippen LogP contribution in [0.25, 0.3) is 0 Å². The zero-order valence-corrected chi connectivity index (χ0v) is 17.0. The maximum absolute atomic E-state index is 12.4. The highest BCUT2D eigenvalue weighted by molar-refractivity contribution is 5.82. The van der Waals surface area contributed by atoms with Crippen molar-refractivity contribution in [2.75, 3.05) is 39.3 Å². The summed E-state index contributed by atoms with van der Waals surface area (Å²) in [6.45, 7) is 12.2. The van der Waals surface area contributed by atoms with E-state index in [1.54, 1.807) is 0 Å². The van der Waals surface area contributed by atoms with Gasteiger partial charge in [0.05, 0.1) is 6.54 Å². The minimum absolute atomic E-state index is 0.129. The highest BCUT2D eigenvalue weighted by Gasteiger charge is 2.22. The first-order valence-corrected chi connectivity index (χ1v) is 10.1. The highest BCUT2D eigenvalue weighted by Crippen LogP contribution is 2.16. The third-order valence-electron chi connectivity index (χ3n) is 4.81. The first-order chi connectivity index (χ1) is 12.5. The number of carbonyl (C=O) groups is 2. The molecule has 0 aromatic carbocycles. The number of nitrogens with one attached hydrogen (secondary N) is 2. The van der Waals surface area contributed by atoms with Gasteiger partial charge in [0.1, 0.15) is 0 Å². The van der Waals surface area contributed by atoms with Crippen LogP contribution >= 0.6 is 0 Å². The fourth-order valence-electron chi connectivity index (χ4n) is 3.24. The van der Waals surface area contributed by atoms with Crippen molar-refractivity contribution in [3.05, 3.63) is 0 Å². The summed E-state index contributed by atoms with van der Waals surface area (Å²) in [4.78, 5) is 32.6. The number of carbonyl (C=O) groups excluding carboxylic acids is 2. The molecule has 1 saturated heterocycles. The van der Waals surface area contributed by atoms with Gasteiger partial charge in [-0.2, -0.15) is 0 Å². The largest absolute Gasteiger partial charge is 0.357 e. The lowest BCUT2D eigenvalue weighted by atomic mass is 10.0. The Morgan fingerprint density at radius 3 is 2.46 bits per heavy atom. The summed E-state index contributed by atoms with van der Waals surface area (Å²) in [7, 11) is 0. The molecule has 1 rings (SSSR count). The van der Waals surface area contributed by atoms with Crippen LogP contribution in [-0.2, 0) is 9.59 Å². The molecule has 1 heterocycles. The summed E-state index contributed by atoms with van der Waals surface area (Å²) in [6, 6.07) is 0.351. The lowest BCUT2D eigenvalue weighted by Crippen LogP contribution is -2.44. The Bertz CT molecular complexity index is 463. The topological polar surface area (TPSA) is 77.0 Å². The Hall–Kier alpha value is -1.79. The van der Waals surface area contributed by atoms with E-state index in [9.17, 15) is 9.59 Å². The van der Waals surface area contributed by atoms with E-state index in [2.05, 4.69) is 22.5 Å². The molecule has 0 bridgehead atoms. The van der Waals surface area contributed by atoms with Gasteiger partial charge >= 0.3 is 0 Å². The minimum Gasteiger partial charge on any atom is -0.357 e. The molecule has 150 valence electrons. The molecule has 1 unspecified atom stereocenters. The molecule has 1 fully saturated rings. The average molecular weight is 368 g/mol. The average Bonchev–Trinajstić information content (AvgIpc) is 2.63. The summed E-state index contributed by atoms with van der Waals surface area (Å²) in [5.74, 6) is 1.00. The van der Waals surface area contributed by atoms with E-state index in [1.807, 2.05) is 30.6 Å². The predicted molar refractivity (Wildman–Crippen MR) is 106 cm³/mol. The van der Waals surface area contributed by atoms with Gasteiger partial charge in [-0.25, -0.2) is 0 Å². The third kappa shape index (κ3) is 7.62. The van der Waals surface area contributed by atoms with E-state index < -0.39 is 0 Å². The molecule has 0 spiro atoms. The first kappa shape index (κ1) is 22.3. The molecular weight excluding hydrogens is 330 g/mol. The molecule has 26 heavy (non-hydrogen) atoms. The molecule has 1 aliphatic heterocycles. The van der Waals surface area contributed by atoms with Gasteiger partial charge in [0, 0.05) is 51.6 Å². The summed E-state index contributed by atoms with van der Waals surface area (Å²) >= 11 is 0. The summed E-state index contributed by atoms with van der Waals surface area (Å²) < 4.78 is 0. The maximum Gasteiger partial charge on any atom is 0.224 e. The standard InChI is InChI=1S/C19H37N5O2/c1-5-20-19(21-13-11-17(25)23(6-2)7-3)22-14-12-18(26)24-15-9-8-10-16(24)4/h16H,5-15H2,1-4H3,(H2,20,21,22). The molecule has 2 amide bonds. The van der Waals surface area contributed by atoms with Crippen molar-refractivity contribution < 1.29 is 9.59 Å². The van der Waals surface area contributed by atoms with Crippen LogP contribution in [0.5, 0.6) is 0 Å². The van der Waals surface area contributed by atoms with Crippen LogP contribution in [0.15, 0.2) is 4.99 Å². The van der Waals surface area contributed by atoms with Crippen molar-refractivity contribution in [3.8, 4) is 0 Å². The number of nitrogens with zero attached hydrogens (tertiary/aromatic N) is 3. The minimum atomic E-state index is 0.129. The normalized spacial score (nSPS) is 17.8. The van der Waals surface area contributed by atoms with Crippen LogP contribution < -0.4 is 10.6 Å². The van der Waals surface area contributed by atoms with Crippen LogP contribution in [0, 0.1) is 0 Å². The number of piperidine rings is 1. The molecule has 7 heteroatoms. The van der Waals surface area contributed by atoms with Gasteiger partial charge in [-0.05, 0) is 47.0 Å². The third-order valence-corrected chi connectivity index (χ3v) is 4.81. The molecule has 0 radical (unpaired) electrons. The van der Waals surface area contributed by atoms with E-state index in [-0.39, 0.29) is 11.8 Å². The van der Waals surface area contributed by atoms with Gasteiger partial charge in [-0.15, -0.1) is 0 Å². The van der Waals surface area contributed by atoms with Crippen molar-refractivity contribution in [1.29, 1.82) is 0 Å². The van der Waals surface area contributed by atoms with E-state index >= 15 is 0 Å². The predicted octanol–water partition coefficient (Wildman–Crippen LogP) is 1.59. The summed E-state index contributed by atoms with van der Waals surface area (Å²) in [6.07, 6.45) is 4.29. The Labute approximate surface area is 158 Å². The quantitative estimate of drug-likeness (QED) is 0.479. The van der Waals surface area contributed by atoms with Crippen LogP contribution in [0.1, 0.15) is 59.8 Å². The Kier molecular flexibility index (Phi) is 10.7. The molecule has 2 N–H and O–H groups in total. The lowest BCUT2D eigenvalue weighted by molar-refractivity contribution is -0.134. The van der Waals surface area contributed by atoms with Crippen molar-refractivity contribution >= 4 is 17.8 Å².